The molecule has 2 aromatic rings. The molecule has 0 atom stereocenters. The van der Waals surface area contributed by atoms with Gasteiger partial charge in [-0.25, -0.2) is 5.43 Å². The van der Waals surface area contributed by atoms with Gasteiger partial charge in [-0.2, -0.15) is 5.10 Å². The summed E-state index contributed by atoms with van der Waals surface area (Å²) in [5, 5.41) is 11.0. The van der Waals surface area contributed by atoms with Crippen LogP contribution in [0, 0.1) is 0 Å². The van der Waals surface area contributed by atoms with Gasteiger partial charge in [0.05, 0.1) is 0 Å². The van der Waals surface area contributed by atoms with Crippen molar-refractivity contribution >= 4 is 18.2 Å². The van der Waals surface area contributed by atoms with E-state index in [2.05, 4.69) is 25.7 Å². The Morgan fingerprint density at radius 3 is 2.89 bits per heavy atom. The van der Waals surface area contributed by atoms with E-state index in [1.54, 1.807) is 12.3 Å². The molecule has 0 unspecified atom stereocenters. The molecule has 90 valence electrons. The van der Waals surface area contributed by atoms with Gasteiger partial charge >= 0.3 is 0 Å². The second-order valence-electron chi connectivity index (χ2n) is 3.34. The van der Waals surface area contributed by atoms with E-state index in [-0.39, 0.29) is 11.5 Å². The van der Waals surface area contributed by atoms with Crippen molar-refractivity contribution in [1.82, 2.24) is 15.2 Å². The predicted octanol–water partition coefficient (Wildman–Crippen LogP) is 1.28. The van der Waals surface area contributed by atoms with Crippen molar-refractivity contribution in [2.24, 2.45) is 5.10 Å². The minimum absolute atomic E-state index is 0.201. The van der Waals surface area contributed by atoms with Gasteiger partial charge in [0.2, 0.25) is 5.95 Å². The Labute approximate surface area is 103 Å². The van der Waals surface area contributed by atoms with Gasteiger partial charge < -0.3 is 0 Å². The predicted molar refractivity (Wildman–Crippen MR) is 70.2 cm³/mol. The van der Waals surface area contributed by atoms with Crippen LogP contribution in [0.25, 0.3) is 6.08 Å². The monoisotopic (exact) mass is 241 g/mol. The molecule has 0 aliphatic heterocycles. The van der Waals surface area contributed by atoms with Crippen LogP contribution in [-0.2, 0) is 0 Å². The quantitative estimate of drug-likeness (QED) is 0.624. The van der Waals surface area contributed by atoms with Crippen LogP contribution in [0.2, 0.25) is 0 Å². The summed E-state index contributed by atoms with van der Waals surface area (Å²) in [6.45, 7) is 0. The Bertz CT molecular complexity index is 603. The van der Waals surface area contributed by atoms with E-state index in [9.17, 15) is 4.79 Å². The topological polar surface area (TPSA) is 83.0 Å². The standard InChI is InChI=1S/C12H11N5O/c18-11-9-14-17-12(15-11)16-13-8-4-7-10-5-2-1-3-6-10/h1-9H,(H2,15,16,17,18)/b7-4+,13-8+. The molecular formula is C12H11N5O. The first-order valence-electron chi connectivity index (χ1n) is 5.27. The lowest BCUT2D eigenvalue weighted by molar-refractivity contribution is 0.939. The molecule has 2 rings (SSSR count). The van der Waals surface area contributed by atoms with Crippen LogP contribution in [0.1, 0.15) is 5.56 Å². The molecule has 0 radical (unpaired) electrons. The number of nitrogens with one attached hydrogen (secondary N) is 2. The lowest BCUT2D eigenvalue weighted by Crippen LogP contribution is -2.10. The Kier molecular flexibility index (Phi) is 3.97. The highest BCUT2D eigenvalue weighted by Crippen LogP contribution is 1.99. The highest BCUT2D eigenvalue weighted by atomic mass is 16.1. The number of allylic oxidation sites excluding steroid dienone is 1. The first kappa shape index (κ1) is 11.7. The Morgan fingerprint density at radius 2 is 2.11 bits per heavy atom. The maximum absolute atomic E-state index is 10.9. The van der Waals surface area contributed by atoms with Crippen LogP contribution in [-0.4, -0.2) is 21.4 Å². The lowest BCUT2D eigenvalue weighted by atomic mass is 10.2. The van der Waals surface area contributed by atoms with Crippen LogP contribution in [0.5, 0.6) is 0 Å². The highest BCUT2D eigenvalue weighted by Gasteiger charge is 1.90. The summed E-state index contributed by atoms with van der Waals surface area (Å²) >= 11 is 0. The molecule has 1 aromatic carbocycles. The van der Waals surface area contributed by atoms with E-state index in [1.807, 2.05) is 36.4 Å². The third kappa shape index (κ3) is 3.67. The van der Waals surface area contributed by atoms with Gasteiger partial charge in [-0.15, -0.1) is 10.2 Å². The number of nitrogens with zero attached hydrogens (tertiary/aromatic N) is 3. The molecule has 0 fully saturated rings. The molecule has 6 nitrogen and oxygen atoms in total. The molecule has 0 saturated heterocycles. The summed E-state index contributed by atoms with van der Waals surface area (Å²) in [7, 11) is 0. The first-order valence-corrected chi connectivity index (χ1v) is 5.27. The number of aromatic nitrogens is 3. The zero-order chi connectivity index (χ0) is 12.6. The van der Waals surface area contributed by atoms with E-state index < -0.39 is 0 Å². The van der Waals surface area contributed by atoms with Crippen LogP contribution >= 0.6 is 0 Å². The maximum atomic E-state index is 10.9. The van der Waals surface area contributed by atoms with E-state index in [0.29, 0.717) is 0 Å². The molecule has 18 heavy (non-hydrogen) atoms. The molecular weight excluding hydrogens is 230 g/mol. The third-order valence-corrected chi connectivity index (χ3v) is 1.99. The van der Waals surface area contributed by atoms with Crippen molar-refractivity contribution in [3.05, 3.63) is 58.5 Å². The van der Waals surface area contributed by atoms with Gasteiger partial charge in [0, 0.05) is 6.21 Å². The number of anilines is 1. The van der Waals surface area contributed by atoms with Crippen LogP contribution in [0.4, 0.5) is 5.95 Å². The molecule has 1 heterocycles. The SMILES string of the molecule is O=c1cnnc(N/N=C/C=C/c2ccccc2)[nH]1. The number of hydrazone groups is 1. The number of H-pyrrole nitrogens is 1. The van der Waals surface area contributed by atoms with E-state index in [4.69, 9.17) is 0 Å². The third-order valence-electron chi connectivity index (χ3n) is 1.99. The Balaban J connectivity index is 1.89. The van der Waals surface area contributed by atoms with Crippen LogP contribution in [0.15, 0.2) is 52.5 Å². The highest BCUT2D eigenvalue weighted by molar-refractivity contribution is 5.78. The van der Waals surface area contributed by atoms with E-state index in [0.717, 1.165) is 11.8 Å². The number of benzene rings is 1. The van der Waals surface area contributed by atoms with Gasteiger partial charge in [0.15, 0.2) is 0 Å². The summed E-state index contributed by atoms with van der Waals surface area (Å²) in [5.41, 5.74) is 3.31. The average molecular weight is 241 g/mol. The normalized spacial score (nSPS) is 11.1. The van der Waals surface area contributed by atoms with Crippen LogP contribution in [0.3, 0.4) is 0 Å². The Hall–Kier alpha value is -2.76. The lowest BCUT2D eigenvalue weighted by Gasteiger charge is -1.94. The Morgan fingerprint density at radius 1 is 1.28 bits per heavy atom. The second-order valence-corrected chi connectivity index (χ2v) is 3.34. The van der Waals surface area contributed by atoms with Crippen molar-refractivity contribution in [3.8, 4) is 0 Å². The fourth-order valence-electron chi connectivity index (χ4n) is 1.22. The van der Waals surface area contributed by atoms with Crippen molar-refractivity contribution in [1.29, 1.82) is 0 Å². The van der Waals surface area contributed by atoms with Crippen molar-refractivity contribution in [2.45, 2.75) is 0 Å². The molecule has 6 heteroatoms. The summed E-state index contributed by atoms with van der Waals surface area (Å²) in [6.07, 6.45) is 6.32. The fourth-order valence-corrected chi connectivity index (χ4v) is 1.22. The zero-order valence-electron chi connectivity index (χ0n) is 9.45. The molecule has 0 bridgehead atoms. The number of rotatable bonds is 4. The molecule has 1 aromatic heterocycles. The number of hydrogen-bond donors (Lipinski definition) is 2. The van der Waals surface area contributed by atoms with E-state index >= 15 is 0 Å². The maximum Gasteiger partial charge on any atom is 0.271 e. The first-order chi connectivity index (χ1) is 8.84. The summed E-state index contributed by atoms with van der Waals surface area (Å²) < 4.78 is 0. The minimum atomic E-state index is -0.331. The second kappa shape index (κ2) is 6.09. The van der Waals surface area contributed by atoms with Crippen molar-refractivity contribution in [3.63, 3.8) is 0 Å². The van der Waals surface area contributed by atoms with Gasteiger partial charge in [-0.05, 0) is 11.6 Å². The van der Waals surface area contributed by atoms with Gasteiger partial charge in [0.1, 0.15) is 6.20 Å². The molecule has 0 amide bonds. The molecule has 0 spiro atoms. The zero-order valence-corrected chi connectivity index (χ0v) is 9.45. The molecule has 0 aliphatic rings. The largest absolute Gasteiger partial charge is 0.289 e. The number of hydrogen-bond acceptors (Lipinski definition) is 5. The van der Waals surface area contributed by atoms with Crippen molar-refractivity contribution < 1.29 is 0 Å². The average Bonchev–Trinajstić information content (AvgIpc) is 2.40. The summed E-state index contributed by atoms with van der Waals surface area (Å²) in [6, 6.07) is 9.84. The fraction of sp³-hybridized carbons (Fsp3) is 0. The van der Waals surface area contributed by atoms with Crippen molar-refractivity contribution in [2.75, 3.05) is 5.43 Å². The summed E-state index contributed by atoms with van der Waals surface area (Å²) in [5.74, 6) is 0.201. The summed E-state index contributed by atoms with van der Waals surface area (Å²) in [4.78, 5) is 13.3. The smallest absolute Gasteiger partial charge is 0.271 e. The molecule has 2 N–H and O–H groups in total. The van der Waals surface area contributed by atoms with Gasteiger partial charge in [0.25, 0.3) is 5.56 Å². The van der Waals surface area contributed by atoms with E-state index in [1.165, 1.54) is 0 Å². The minimum Gasteiger partial charge on any atom is -0.289 e. The van der Waals surface area contributed by atoms with Crippen LogP contribution < -0.4 is 11.0 Å². The van der Waals surface area contributed by atoms with Gasteiger partial charge in [-0.1, -0.05) is 36.4 Å². The molecule has 0 saturated carbocycles. The van der Waals surface area contributed by atoms with Gasteiger partial charge in [-0.3, -0.25) is 9.78 Å². The molecule has 0 aliphatic carbocycles. The number of aromatic amines is 1.